The smallest absolute Gasteiger partial charge is 0.146 e. The lowest BCUT2D eigenvalue weighted by molar-refractivity contribution is 0.469. The Kier molecular flexibility index (Phi) is 4.22. The van der Waals surface area contributed by atoms with Gasteiger partial charge in [0.05, 0.1) is 10.7 Å². The van der Waals surface area contributed by atoms with Crippen molar-refractivity contribution in [3.05, 3.63) is 64.6 Å². The molecule has 0 aliphatic carbocycles. The molecule has 4 nitrogen and oxygen atoms in total. The zero-order chi connectivity index (χ0) is 15.5. The van der Waals surface area contributed by atoms with E-state index in [0.29, 0.717) is 23.6 Å². The van der Waals surface area contributed by atoms with Gasteiger partial charge in [-0.05, 0) is 37.3 Å². The van der Waals surface area contributed by atoms with Crippen molar-refractivity contribution in [2.45, 2.75) is 20.0 Å². The number of aromatic hydroxyl groups is 1. The Morgan fingerprint density at radius 3 is 2.82 bits per heavy atom. The van der Waals surface area contributed by atoms with Crippen LogP contribution in [0.3, 0.4) is 0 Å². The van der Waals surface area contributed by atoms with Gasteiger partial charge >= 0.3 is 0 Å². The van der Waals surface area contributed by atoms with E-state index in [1.807, 2.05) is 37.3 Å². The molecule has 3 rings (SSSR count). The summed E-state index contributed by atoms with van der Waals surface area (Å²) in [6.07, 6.45) is 1.76. The lowest BCUT2D eigenvalue weighted by Crippen LogP contribution is -2.13. The Bertz CT molecular complexity index is 806. The summed E-state index contributed by atoms with van der Waals surface area (Å²) in [5.41, 5.74) is 3.06. The molecule has 0 unspecified atom stereocenters. The monoisotopic (exact) mass is 313 g/mol. The summed E-state index contributed by atoms with van der Waals surface area (Å²) >= 11 is 6.29. The largest absolute Gasteiger partial charge is 0.505 e. The highest BCUT2D eigenvalue weighted by Gasteiger charge is 2.11. The van der Waals surface area contributed by atoms with E-state index >= 15 is 0 Å². The molecule has 0 amide bonds. The molecule has 112 valence electrons. The molecular weight excluding hydrogens is 298 g/mol. The molecule has 0 saturated heterocycles. The normalized spacial score (nSPS) is 11.0. The highest BCUT2D eigenvalue weighted by Crippen LogP contribution is 2.33. The molecule has 22 heavy (non-hydrogen) atoms. The standard InChI is InChI=1S/C17H16ClN3O/c1-11-5-6-14-15(18)8-12(17(22)16(14)21-11)9-19-10-13-4-2-3-7-20-13/h2-8,19,22H,9-10H2,1H3. The van der Waals surface area contributed by atoms with Crippen molar-refractivity contribution in [2.75, 3.05) is 0 Å². The van der Waals surface area contributed by atoms with Gasteiger partial charge in [-0.15, -0.1) is 0 Å². The number of hydrogen-bond donors (Lipinski definition) is 2. The van der Waals surface area contributed by atoms with E-state index in [9.17, 15) is 5.11 Å². The molecule has 2 N–H and O–H groups in total. The van der Waals surface area contributed by atoms with Gasteiger partial charge in [-0.2, -0.15) is 0 Å². The summed E-state index contributed by atoms with van der Waals surface area (Å²) in [5, 5.41) is 15.0. The molecule has 0 aliphatic rings. The number of fused-ring (bicyclic) bond motifs is 1. The minimum atomic E-state index is 0.177. The maximum absolute atomic E-state index is 10.4. The summed E-state index contributed by atoms with van der Waals surface area (Å²) < 4.78 is 0. The van der Waals surface area contributed by atoms with Gasteiger partial charge in [0.1, 0.15) is 11.3 Å². The van der Waals surface area contributed by atoms with E-state index in [2.05, 4.69) is 15.3 Å². The number of pyridine rings is 2. The molecule has 0 atom stereocenters. The van der Waals surface area contributed by atoms with Crippen molar-refractivity contribution in [2.24, 2.45) is 0 Å². The fraction of sp³-hybridized carbons (Fsp3) is 0.176. The van der Waals surface area contributed by atoms with Crippen molar-refractivity contribution in [3.8, 4) is 5.75 Å². The molecule has 0 saturated carbocycles. The van der Waals surface area contributed by atoms with Gasteiger partial charge in [-0.3, -0.25) is 4.98 Å². The van der Waals surface area contributed by atoms with Crippen LogP contribution in [-0.4, -0.2) is 15.1 Å². The Morgan fingerprint density at radius 1 is 1.18 bits per heavy atom. The molecule has 0 spiro atoms. The van der Waals surface area contributed by atoms with Crippen LogP contribution in [0.5, 0.6) is 5.75 Å². The summed E-state index contributed by atoms with van der Waals surface area (Å²) in [5.74, 6) is 0.177. The number of phenols is 1. The Labute approximate surface area is 133 Å². The number of nitrogens with one attached hydrogen (secondary N) is 1. The predicted molar refractivity (Wildman–Crippen MR) is 87.9 cm³/mol. The fourth-order valence-corrected chi connectivity index (χ4v) is 2.63. The first kappa shape index (κ1) is 14.8. The third-order valence-electron chi connectivity index (χ3n) is 3.47. The predicted octanol–water partition coefficient (Wildman–Crippen LogP) is 3.59. The molecular formula is C17H16ClN3O. The summed E-state index contributed by atoms with van der Waals surface area (Å²) in [6.45, 7) is 3.00. The number of phenolic OH excluding ortho intramolecular Hbond substituents is 1. The highest BCUT2D eigenvalue weighted by atomic mass is 35.5. The molecule has 3 aromatic rings. The second kappa shape index (κ2) is 6.30. The summed E-state index contributed by atoms with van der Waals surface area (Å²) in [4.78, 5) is 8.64. The van der Waals surface area contributed by atoms with Crippen LogP contribution in [0, 0.1) is 6.92 Å². The molecule has 1 aromatic carbocycles. The maximum Gasteiger partial charge on any atom is 0.146 e. The van der Waals surface area contributed by atoms with Gasteiger partial charge in [0.2, 0.25) is 0 Å². The Hall–Kier alpha value is -2.17. The van der Waals surface area contributed by atoms with Gasteiger partial charge in [0.25, 0.3) is 0 Å². The molecule has 0 aliphatic heterocycles. The van der Waals surface area contributed by atoms with E-state index in [1.165, 1.54) is 0 Å². The van der Waals surface area contributed by atoms with Crippen LogP contribution in [0.25, 0.3) is 10.9 Å². The summed E-state index contributed by atoms with van der Waals surface area (Å²) in [7, 11) is 0. The van der Waals surface area contributed by atoms with Crippen LogP contribution in [0.15, 0.2) is 42.6 Å². The third kappa shape index (κ3) is 3.03. The minimum Gasteiger partial charge on any atom is -0.505 e. The number of rotatable bonds is 4. The maximum atomic E-state index is 10.4. The van der Waals surface area contributed by atoms with Crippen molar-refractivity contribution in [1.82, 2.24) is 15.3 Å². The second-order valence-electron chi connectivity index (χ2n) is 5.14. The van der Waals surface area contributed by atoms with E-state index < -0.39 is 0 Å². The topological polar surface area (TPSA) is 58.0 Å². The highest BCUT2D eigenvalue weighted by molar-refractivity contribution is 6.35. The number of aryl methyl sites for hydroxylation is 1. The van der Waals surface area contributed by atoms with E-state index in [4.69, 9.17) is 11.6 Å². The van der Waals surface area contributed by atoms with Crippen LogP contribution >= 0.6 is 11.6 Å². The van der Waals surface area contributed by atoms with Gasteiger partial charge in [0.15, 0.2) is 0 Å². The van der Waals surface area contributed by atoms with Crippen LogP contribution < -0.4 is 5.32 Å². The average molecular weight is 314 g/mol. The van der Waals surface area contributed by atoms with Crippen LogP contribution in [0.2, 0.25) is 5.02 Å². The number of benzene rings is 1. The summed E-state index contributed by atoms with van der Waals surface area (Å²) in [6, 6.07) is 11.3. The van der Waals surface area contributed by atoms with E-state index in [1.54, 1.807) is 12.3 Å². The lowest BCUT2D eigenvalue weighted by Gasteiger charge is -2.11. The van der Waals surface area contributed by atoms with E-state index in [0.717, 1.165) is 22.3 Å². The van der Waals surface area contributed by atoms with Crippen molar-refractivity contribution >= 4 is 22.5 Å². The second-order valence-corrected chi connectivity index (χ2v) is 5.55. The zero-order valence-corrected chi connectivity index (χ0v) is 12.9. The van der Waals surface area contributed by atoms with E-state index in [-0.39, 0.29) is 5.75 Å². The van der Waals surface area contributed by atoms with Crippen LogP contribution in [0.1, 0.15) is 17.0 Å². The molecule has 0 radical (unpaired) electrons. The molecule has 0 fully saturated rings. The van der Waals surface area contributed by atoms with Gasteiger partial charge < -0.3 is 10.4 Å². The third-order valence-corrected chi connectivity index (χ3v) is 3.78. The molecule has 5 heteroatoms. The van der Waals surface area contributed by atoms with Gasteiger partial charge in [-0.25, -0.2) is 4.98 Å². The van der Waals surface area contributed by atoms with Crippen molar-refractivity contribution in [3.63, 3.8) is 0 Å². The van der Waals surface area contributed by atoms with Crippen molar-refractivity contribution < 1.29 is 5.11 Å². The van der Waals surface area contributed by atoms with Crippen LogP contribution in [-0.2, 0) is 13.1 Å². The number of hydrogen-bond acceptors (Lipinski definition) is 4. The first-order valence-electron chi connectivity index (χ1n) is 7.03. The van der Waals surface area contributed by atoms with Gasteiger partial charge in [0, 0.05) is 35.9 Å². The van der Waals surface area contributed by atoms with Crippen LogP contribution in [0.4, 0.5) is 0 Å². The first-order chi connectivity index (χ1) is 10.6. The lowest BCUT2D eigenvalue weighted by atomic mass is 10.1. The average Bonchev–Trinajstić information content (AvgIpc) is 2.53. The fourth-order valence-electron chi connectivity index (χ4n) is 2.34. The minimum absolute atomic E-state index is 0.177. The SMILES string of the molecule is Cc1ccc2c(Cl)cc(CNCc3ccccn3)c(O)c2n1. The van der Waals surface area contributed by atoms with Crippen molar-refractivity contribution in [1.29, 1.82) is 0 Å². The zero-order valence-electron chi connectivity index (χ0n) is 12.2. The Morgan fingerprint density at radius 2 is 2.05 bits per heavy atom. The number of halogens is 1. The molecule has 0 bridgehead atoms. The van der Waals surface area contributed by atoms with Gasteiger partial charge in [-0.1, -0.05) is 17.7 Å². The number of aromatic nitrogens is 2. The number of nitrogens with zero attached hydrogens (tertiary/aromatic N) is 2. The molecule has 2 heterocycles. The molecule has 2 aromatic heterocycles. The Balaban J connectivity index is 1.83. The quantitative estimate of drug-likeness (QED) is 0.773. The first-order valence-corrected chi connectivity index (χ1v) is 7.41.